The van der Waals surface area contributed by atoms with Crippen LogP contribution in [0.3, 0.4) is 0 Å². The van der Waals surface area contributed by atoms with Crippen molar-refractivity contribution in [2.24, 2.45) is 0 Å². The molecule has 2 radical (unpaired) electrons. The summed E-state index contributed by atoms with van der Waals surface area (Å²) in [5, 5.41) is 0. The summed E-state index contributed by atoms with van der Waals surface area (Å²) in [5.41, 5.74) is 0. The van der Waals surface area contributed by atoms with E-state index in [9.17, 15) is 0 Å². The zero-order valence-electron chi connectivity index (χ0n) is 1.57. The Hall–Kier alpha value is 3.20. The molecule has 0 aliphatic rings. The Bertz CT molecular complexity index is 6.00. The molecule has 0 N–H and O–H groups in total. The maximum Gasteiger partial charge on any atom is 3.00 e. The van der Waals surface area contributed by atoms with Crippen molar-refractivity contribution in [1.29, 1.82) is 0 Å². The average molecular weight is 378 g/mol. The molecule has 0 aromatic heterocycles. The van der Waals surface area contributed by atoms with Gasteiger partial charge in [0.1, 0.15) is 0 Å². The van der Waals surface area contributed by atoms with Crippen LogP contribution in [0.15, 0.2) is 0 Å². The van der Waals surface area contributed by atoms with E-state index in [2.05, 4.69) is 0 Å². The zero-order valence-corrected chi connectivity index (χ0v) is 8.32. The molecule has 0 unspecified atom stereocenters. The molecule has 0 spiro atoms. The summed E-state index contributed by atoms with van der Waals surface area (Å²) in [5.74, 6) is 0. The van der Waals surface area contributed by atoms with E-state index >= 15 is 0 Å². The van der Waals surface area contributed by atoms with E-state index < -0.39 is 0 Å². The fourth-order valence-electron chi connectivity index (χ4n) is 0. The van der Waals surface area contributed by atoms with Crippen LogP contribution in [0.2, 0.25) is 0 Å². The first-order chi connectivity index (χ1) is 0. The van der Waals surface area contributed by atoms with Gasteiger partial charge >= 0.3 is 79.0 Å². The first kappa shape index (κ1) is 27.0. The Kier molecular flexibility index (Phi) is 111. The predicted molar refractivity (Wildman–Crippen MR) is 0 cm³/mol. The molecule has 0 saturated heterocycles. The average Bonchev–Trinajstić information content (AvgIpc) is 0. The quantitative estimate of drug-likeness (QED) is 0.394. The van der Waals surface area contributed by atoms with Gasteiger partial charge in [-0.2, -0.15) is 0 Å². The van der Waals surface area contributed by atoms with E-state index in [0.29, 0.717) is 0 Å². The van der Waals surface area contributed by atoms with Gasteiger partial charge in [0.15, 0.2) is 0 Å². The van der Waals surface area contributed by atoms with Crippen LogP contribution in [0.5, 0.6) is 0 Å². The summed E-state index contributed by atoms with van der Waals surface area (Å²) in [6.07, 6.45) is 0. The Morgan fingerprint density at radius 1 is 0.750 bits per heavy atom. The molecule has 0 bridgehead atoms. The van der Waals surface area contributed by atoms with E-state index in [1.54, 1.807) is 0 Å². The van der Waals surface area contributed by atoms with Gasteiger partial charge in [0.05, 0.1) is 0 Å². The summed E-state index contributed by atoms with van der Waals surface area (Å²) in [7, 11) is 0. The van der Waals surface area contributed by atoms with Gasteiger partial charge in [-0.05, 0) is 0 Å². The molecule has 0 rings (SSSR count). The third-order valence-corrected chi connectivity index (χ3v) is 0. The molecule has 0 heterocycles. The van der Waals surface area contributed by atoms with Gasteiger partial charge in [-0.15, -0.1) is 0 Å². The molecule has 0 saturated carbocycles. The van der Waals surface area contributed by atoms with Crippen LogP contribution in [0.4, 0.5) is 0 Å². The third-order valence-electron chi connectivity index (χ3n) is 0. The summed E-state index contributed by atoms with van der Waals surface area (Å²) < 4.78 is 0. The van der Waals surface area contributed by atoms with Gasteiger partial charge in [-0.25, -0.2) is 0 Å². The Balaban J connectivity index is 0. The number of hydrogen-bond donors (Lipinski definition) is 0. The minimum atomic E-state index is 0. The van der Waals surface area contributed by atoms with E-state index in [1.807, 2.05) is 0 Å². The van der Waals surface area contributed by atoms with Crippen LogP contribution >= 0.6 is 0 Å². The minimum Gasteiger partial charge on any atom is -1.00 e. The Morgan fingerprint density at radius 3 is 0.750 bits per heavy atom. The second-order valence-corrected chi connectivity index (χ2v) is 0. The van der Waals surface area contributed by atoms with Crippen molar-refractivity contribution in [3.63, 3.8) is 0 Å². The van der Waals surface area contributed by atoms with Gasteiger partial charge in [0.2, 0.25) is 0 Å². The largest absolute Gasteiger partial charge is 3.00 e. The van der Waals surface area contributed by atoms with Gasteiger partial charge in [-0.3, -0.25) is 0 Å². The third kappa shape index (κ3) is 8.96. The molecular formula is Cl2DyNd+4. The van der Waals surface area contributed by atoms with E-state index in [-0.39, 0.29) is 104 Å². The van der Waals surface area contributed by atoms with Crippen LogP contribution in [-0.2, 0) is 0 Å². The summed E-state index contributed by atoms with van der Waals surface area (Å²) >= 11 is 0. The molecule has 0 aromatic rings. The summed E-state index contributed by atoms with van der Waals surface area (Å²) in [4.78, 5) is 0. The van der Waals surface area contributed by atoms with Gasteiger partial charge in [-0.1, -0.05) is 0 Å². The molecule has 24 valence electrons. The fourth-order valence-corrected chi connectivity index (χ4v) is 0. The van der Waals surface area contributed by atoms with Gasteiger partial charge < -0.3 is 24.8 Å². The normalized spacial score (nSPS) is 0. The molecule has 0 amide bonds. The van der Waals surface area contributed by atoms with Gasteiger partial charge in [0, 0.05) is 0 Å². The second-order valence-electron chi connectivity index (χ2n) is 0. The predicted octanol–water partition coefficient (Wildman–Crippen LogP) is -5.99. The molecule has 4 heteroatoms. The van der Waals surface area contributed by atoms with E-state index in [1.165, 1.54) is 0 Å². The van der Waals surface area contributed by atoms with Crippen molar-refractivity contribution in [3.8, 4) is 0 Å². The van der Waals surface area contributed by atoms with Crippen molar-refractivity contribution >= 4 is 0 Å². The van der Waals surface area contributed by atoms with E-state index in [4.69, 9.17) is 0 Å². The second kappa shape index (κ2) is 16.4. The van der Waals surface area contributed by atoms with Crippen molar-refractivity contribution in [3.05, 3.63) is 0 Å². The molecule has 0 nitrogen and oxygen atoms in total. The molecule has 0 atom stereocenters. The SMILES string of the molecule is [Cl-].[Cl-].[Dy+3].[Nd+3]. The zero-order chi connectivity index (χ0) is 0. The first-order valence-corrected chi connectivity index (χ1v) is 0. The monoisotopic (exact) mass is 376 g/mol. The molecule has 0 aromatic carbocycles. The molecule has 0 fully saturated rings. The molecule has 0 aliphatic heterocycles. The Labute approximate surface area is 101 Å². The summed E-state index contributed by atoms with van der Waals surface area (Å²) in [6.45, 7) is 0. The first-order valence-electron chi connectivity index (χ1n) is 0. The van der Waals surface area contributed by atoms with Crippen LogP contribution in [0.25, 0.3) is 0 Å². The number of rotatable bonds is 0. The number of halogens is 2. The van der Waals surface area contributed by atoms with Crippen LogP contribution in [-0.4, -0.2) is 0 Å². The molecule has 4 heavy (non-hydrogen) atoms. The fraction of sp³-hybridized carbons (Fsp3) is 0. The van der Waals surface area contributed by atoms with Gasteiger partial charge in [0.25, 0.3) is 0 Å². The minimum absolute atomic E-state index is 0. The van der Waals surface area contributed by atoms with Crippen LogP contribution < -0.4 is 24.8 Å². The van der Waals surface area contributed by atoms with Crippen LogP contribution in [0, 0.1) is 79.0 Å². The molecule has 0 aliphatic carbocycles. The number of hydrogen-bond acceptors (Lipinski definition) is 0. The van der Waals surface area contributed by atoms with Crippen molar-refractivity contribution in [2.75, 3.05) is 0 Å². The van der Waals surface area contributed by atoms with Crippen molar-refractivity contribution in [1.82, 2.24) is 0 Å². The van der Waals surface area contributed by atoms with Crippen molar-refractivity contribution in [2.45, 2.75) is 0 Å². The topological polar surface area (TPSA) is 0 Å². The van der Waals surface area contributed by atoms with Crippen molar-refractivity contribution < 1.29 is 104 Å². The maximum atomic E-state index is 0. The maximum absolute atomic E-state index is 0. The molecular weight excluding hydrogens is 378 g/mol. The van der Waals surface area contributed by atoms with E-state index in [0.717, 1.165) is 0 Å². The smallest absolute Gasteiger partial charge is 1.00 e. The standard InChI is InChI=1S/2ClH.Dy.Nd/h2*1H;;/q;;2*+3/p-2. The Morgan fingerprint density at radius 2 is 0.750 bits per heavy atom. The summed E-state index contributed by atoms with van der Waals surface area (Å²) in [6, 6.07) is 0. The van der Waals surface area contributed by atoms with Crippen LogP contribution in [0.1, 0.15) is 0 Å².